The molecular weight excluding hydrogens is 390 g/mol. The molecule has 2 aromatic carbocycles. The van der Waals surface area contributed by atoms with Gasteiger partial charge in [-0.15, -0.1) is 0 Å². The van der Waals surface area contributed by atoms with E-state index in [0.29, 0.717) is 23.7 Å². The lowest BCUT2D eigenvalue weighted by atomic mass is 10.2. The van der Waals surface area contributed by atoms with Crippen molar-refractivity contribution in [2.24, 2.45) is 0 Å². The maximum Gasteiger partial charge on any atom is 0.338 e. The number of esters is 1. The van der Waals surface area contributed by atoms with Crippen LogP contribution in [0.5, 0.6) is 5.75 Å². The van der Waals surface area contributed by atoms with E-state index in [2.05, 4.69) is 0 Å². The third-order valence-corrected chi connectivity index (χ3v) is 6.48. The van der Waals surface area contributed by atoms with Crippen LogP contribution in [0.25, 0.3) is 0 Å². The summed E-state index contributed by atoms with van der Waals surface area (Å²) in [5, 5.41) is 0.491. The van der Waals surface area contributed by atoms with Gasteiger partial charge in [0.2, 0.25) is 10.0 Å². The summed E-state index contributed by atoms with van der Waals surface area (Å²) in [6, 6.07) is 11.2. The third-order valence-electron chi connectivity index (χ3n) is 4.04. The number of carbonyl (C=O) groups is 1. The molecule has 0 radical (unpaired) electrons. The Morgan fingerprint density at radius 1 is 1.11 bits per heavy atom. The van der Waals surface area contributed by atoms with Crippen LogP contribution in [0.4, 0.5) is 0 Å². The van der Waals surface area contributed by atoms with Gasteiger partial charge < -0.3 is 9.47 Å². The van der Waals surface area contributed by atoms with Crippen LogP contribution >= 0.6 is 11.6 Å². The molecule has 2 rings (SSSR count). The topological polar surface area (TPSA) is 72.9 Å². The van der Waals surface area contributed by atoms with Crippen molar-refractivity contribution in [1.29, 1.82) is 0 Å². The molecule has 0 amide bonds. The maximum atomic E-state index is 12.8. The van der Waals surface area contributed by atoms with Crippen molar-refractivity contribution < 1.29 is 22.7 Å². The highest BCUT2D eigenvalue weighted by Gasteiger charge is 2.27. The number of ether oxygens (including phenoxy) is 2. The molecule has 0 aliphatic carbocycles. The summed E-state index contributed by atoms with van der Waals surface area (Å²) < 4.78 is 37.4. The Bertz CT molecular complexity index is 910. The van der Waals surface area contributed by atoms with Crippen LogP contribution in [0.1, 0.15) is 29.8 Å². The van der Waals surface area contributed by atoms with E-state index in [1.54, 1.807) is 38.1 Å². The summed E-state index contributed by atoms with van der Waals surface area (Å²) in [6.07, 6.45) is 0. The lowest BCUT2D eigenvalue weighted by molar-refractivity contribution is 0.0472. The number of benzene rings is 2. The van der Waals surface area contributed by atoms with E-state index in [0.717, 1.165) is 0 Å². The molecule has 8 heteroatoms. The fourth-order valence-electron chi connectivity index (χ4n) is 2.55. The SMILES string of the molecule is CCN(CC)S(=O)(=O)c1cc(C(=O)OCc2ccccc2Cl)ccc1OC. The van der Waals surface area contributed by atoms with Crippen LogP contribution in [-0.4, -0.2) is 38.9 Å². The van der Waals surface area contributed by atoms with Gasteiger partial charge in [0.1, 0.15) is 17.3 Å². The highest BCUT2D eigenvalue weighted by Crippen LogP contribution is 2.28. The first-order chi connectivity index (χ1) is 12.8. The third kappa shape index (κ3) is 4.80. The highest BCUT2D eigenvalue weighted by atomic mass is 35.5. The molecule has 2 aromatic rings. The molecule has 0 unspecified atom stereocenters. The van der Waals surface area contributed by atoms with Gasteiger partial charge in [-0.2, -0.15) is 4.31 Å². The maximum absolute atomic E-state index is 12.8. The summed E-state index contributed by atoms with van der Waals surface area (Å²) in [6.45, 7) is 4.10. The molecule has 0 heterocycles. The van der Waals surface area contributed by atoms with Gasteiger partial charge in [-0.3, -0.25) is 0 Å². The number of rotatable bonds is 8. The molecule has 6 nitrogen and oxygen atoms in total. The number of carbonyl (C=O) groups excluding carboxylic acids is 1. The number of nitrogens with zero attached hydrogens (tertiary/aromatic N) is 1. The first-order valence-electron chi connectivity index (χ1n) is 8.43. The van der Waals surface area contributed by atoms with Crippen LogP contribution in [-0.2, 0) is 21.4 Å². The van der Waals surface area contributed by atoms with E-state index < -0.39 is 16.0 Å². The quantitative estimate of drug-likeness (QED) is 0.619. The van der Waals surface area contributed by atoms with Gasteiger partial charge in [0, 0.05) is 23.7 Å². The zero-order valence-corrected chi connectivity index (χ0v) is 17.0. The average molecular weight is 412 g/mol. The molecule has 0 aliphatic rings. The molecule has 0 N–H and O–H groups in total. The lowest BCUT2D eigenvalue weighted by Crippen LogP contribution is -2.31. The normalized spacial score (nSPS) is 11.4. The molecule has 0 atom stereocenters. The zero-order chi connectivity index (χ0) is 20.0. The van der Waals surface area contributed by atoms with Crippen molar-refractivity contribution in [2.75, 3.05) is 20.2 Å². The first-order valence-corrected chi connectivity index (χ1v) is 10.3. The Balaban J connectivity index is 2.31. The average Bonchev–Trinajstić information content (AvgIpc) is 2.67. The number of halogens is 1. The Morgan fingerprint density at radius 2 is 1.78 bits per heavy atom. The Hall–Kier alpha value is -2.09. The van der Waals surface area contributed by atoms with E-state index >= 15 is 0 Å². The molecule has 0 bridgehead atoms. The number of hydrogen-bond acceptors (Lipinski definition) is 5. The van der Waals surface area contributed by atoms with Gasteiger partial charge in [-0.25, -0.2) is 13.2 Å². The van der Waals surface area contributed by atoms with Crippen LogP contribution in [0.2, 0.25) is 5.02 Å². The largest absolute Gasteiger partial charge is 0.495 e. The van der Waals surface area contributed by atoms with Crippen LogP contribution < -0.4 is 4.74 Å². The molecule has 0 fully saturated rings. The Kier molecular flexibility index (Phi) is 7.24. The summed E-state index contributed by atoms with van der Waals surface area (Å²) in [5.74, 6) is -0.474. The molecule has 0 saturated carbocycles. The Labute approximate surface area is 164 Å². The monoisotopic (exact) mass is 411 g/mol. The molecule has 146 valence electrons. The van der Waals surface area contributed by atoms with Gasteiger partial charge in [-0.1, -0.05) is 43.6 Å². The zero-order valence-electron chi connectivity index (χ0n) is 15.4. The van der Waals surface area contributed by atoms with Gasteiger partial charge >= 0.3 is 5.97 Å². The van der Waals surface area contributed by atoms with Crippen LogP contribution in [0, 0.1) is 0 Å². The molecule has 0 aliphatic heterocycles. The van der Waals surface area contributed by atoms with E-state index in [4.69, 9.17) is 21.1 Å². The summed E-state index contributed by atoms with van der Waals surface area (Å²) >= 11 is 6.05. The van der Waals surface area contributed by atoms with Gasteiger partial charge in [0.15, 0.2) is 0 Å². The lowest BCUT2D eigenvalue weighted by Gasteiger charge is -2.20. The van der Waals surface area contributed by atoms with E-state index in [1.807, 2.05) is 0 Å². The minimum Gasteiger partial charge on any atom is -0.495 e. The van der Waals surface area contributed by atoms with Crippen molar-refractivity contribution in [3.63, 3.8) is 0 Å². The molecule has 0 aromatic heterocycles. The van der Waals surface area contributed by atoms with Gasteiger partial charge in [0.25, 0.3) is 0 Å². The molecule has 0 spiro atoms. The van der Waals surface area contributed by atoms with Gasteiger partial charge in [0.05, 0.1) is 12.7 Å². The van der Waals surface area contributed by atoms with Crippen molar-refractivity contribution in [3.05, 3.63) is 58.6 Å². The van der Waals surface area contributed by atoms with Crippen LogP contribution in [0.15, 0.2) is 47.4 Å². The summed E-state index contributed by atoms with van der Waals surface area (Å²) in [5.41, 5.74) is 0.783. The van der Waals surface area contributed by atoms with E-state index in [-0.39, 0.29) is 22.8 Å². The molecule has 0 saturated heterocycles. The molecular formula is C19H22ClNO5S. The Morgan fingerprint density at radius 3 is 2.37 bits per heavy atom. The van der Waals surface area contributed by atoms with Crippen LogP contribution in [0.3, 0.4) is 0 Å². The van der Waals surface area contributed by atoms with Gasteiger partial charge in [-0.05, 0) is 24.3 Å². The van der Waals surface area contributed by atoms with Crippen molar-refractivity contribution in [2.45, 2.75) is 25.3 Å². The number of hydrogen-bond donors (Lipinski definition) is 0. The standard InChI is InChI=1S/C19H22ClNO5S/c1-4-21(5-2)27(23,24)18-12-14(10-11-17(18)25-3)19(22)26-13-15-8-6-7-9-16(15)20/h6-12H,4-5,13H2,1-3H3. The second-order valence-electron chi connectivity index (χ2n) is 5.62. The van der Waals surface area contributed by atoms with Crippen molar-refractivity contribution in [3.8, 4) is 5.75 Å². The summed E-state index contributed by atoms with van der Waals surface area (Å²) in [4.78, 5) is 12.3. The molecule has 27 heavy (non-hydrogen) atoms. The number of methoxy groups -OCH3 is 1. The predicted octanol–water partition coefficient (Wildman–Crippen LogP) is 3.74. The first kappa shape index (κ1) is 21.2. The fourth-order valence-corrected chi connectivity index (χ4v) is 4.38. The van der Waals surface area contributed by atoms with Crippen molar-refractivity contribution in [1.82, 2.24) is 4.31 Å². The summed E-state index contributed by atoms with van der Waals surface area (Å²) in [7, 11) is -2.41. The fraction of sp³-hybridized carbons (Fsp3) is 0.316. The minimum atomic E-state index is -3.79. The van der Waals surface area contributed by atoms with E-state index in [9.17, 15) is 13.2 Å². The van der Waals surface area contributed by atoms with Crippen molar-refractivity contribution >= 4 is 27.6 Å². The predicted molar refractivity (Wildman–Crippen MR) is 104 cm³/mol. The van der Waals surface area contributed by atoms with E-state index in [1.165, 1.54) is 29.6 Å². The minimum absolute atomic E-state index is 0.0112. The second-order valence-corrected chi connectivity index (χ2v) is 7.94. The number of sulfonamides is 1. The highest BCUT2D eigenvalue weighted by molar-refractivity contribution is 7.89. The second kappa shape index (κ2) is 9.21. The smallest absolute Gasteiger partial charge is 0.338 e.